The minimum Gasteiger partial charge on any atom is -0.474 e. The predicted molar refractivity (Wildman–Crippen MR) is 69.0 cm³/mol. The van der Waals surface area contributed by atoms with Crippen molar-refractivity contribution in [3.8, 4) is 5.88 Å². The van der Waals surface area contributed by atoms with Crippen molar-refractivity contribution in [3.05, 3.63) is 66.0 Å². The Morgan fingerprint density at radius 3 is 2.67 bits per heavy atom. The van der Waals surface area contributed by atoms with Gasteiger partial charge in [0.15, 0.2) is 5.88 Å². The van der Waals surface area contributed by atoms with Crippen molar-refractivity contribution in [3.63, 3.8) is 0 Å². The molecule has 0 amide bonds. The van der Waals surface area contributed by atoms with Crippen molar-refractivity contribution >= 4 is 10.9 Å². The number of nitrogens with one attached hydrogen (secondary N) is 1. The van der Waals surface area contributed by atoms with Gasteiger partial charge < -0.3 is 9.72 Å². The lowest BCUT2D eigenvalue weighted by atomic mass is 10.2. The molecule has 0 aliphatic heterocycles. The number of benzene rings is 2. The third-order valence-corrected chi connectivity index (χ3v) is 2.80. The maximum atomic E-state index is 13.0. The Labute approximate surface area is 104 Å². The number of rotatable bonds is 3. The third kappa shape index (κ3) is 2.20. The van der Waals surface area contributed by atoms with Crippen molar-refractivity contribution < 1.29 is 9.13 Å². The molecule has 0 fully saturated rings. The van der Waals surface area contributed by atoms with E-state index in [9.17, 15) is 4.39 Å². The molecular weight excluding hydrogens is 229 g/mol. The lowest BCUT2D eigenvalue weighted by Crippen LogP contribution is -1.94. The smallest absolute Gasteiger partial charge is 0.192 e. The summed E-state index contributed by atoms with van der Waals surface area (Å²) in [4.78, 5) is 3.10. The normalized spacial score (nSPS) is 10.7. The first-order valence-electron chi connectivity index (χ1n) is 5.76. The zero-order valence-electron chi connectivity index (χ0n) is 9.69. The van der Waals surface area contributed by atoms with Gasteiger partial charge in [0, 0.05) is 17.0 Å². The molecule has 2 nitrogen and oxygen atoms in total. The molecule has 1 aromatic heterocycles. The second kappa shape index (κ2) is 4.53. The lowest BCUT2D eigenvalue weighted by molar-refractivity contribution is 0.296. The quantitative estimate of drug-likeness (QED) is 0.739. The van der Waals surface area contributed by atoms with Crippen LogP contribution in [0.1, 0.15) is 5.56 Å². The molecule has 90 valence electrons. The highest BCUT2D eigenvalue weighted by Crippen LogP contribution is 2.21. The van der Waals surface area contributed by atoms with Crippen LogP contribution in [0.5, 0.6) is 5.88 Å². The van der Waals surface area contributed by atoms with Gasteiger partial charge in [-0.25, -0.2) is 4.39 Å². The van der Waals surface area contributed by atoms with E-state index in [1.54, 1.807) is 12.1 Å². The van der Waals surface area contributed by atoms with Gasteiger partial charge in [-0.3, -0.25) is 0 Å². The van der Waals surface area contributed by atoms with Gasteiger partial charge in [0.1, 0.15) is 12.4 Å². The van der Waals surface area contributed by atoms with Crippen LogP contribution in [-0.4, -0.2) is 4.98 Å². The molecule has 0 saturated carbocycles. The average Bonchev–Trinajstić information content (AvgIpc) is 2.79. The molecule has 2 aromatic carbocycles. The van der Waals surface area contributed by atoms with E-state index >= 15 is 0 Å². The van der Waals surface area contributed by atoms with Crippen LogP contribution in [-0.2, 0) is 6.61 Å². The Balaban J connectivity index is 1.79. The zero-order valence-corrected chi connectivity index (χ0v) is 9.69. The van der Waals surface area contributed by atoms with Crippen LogP contribution in [0, 0.1) is 5.82 Å². The number of aromatic amines is 1. The molecule has 3 aromatic rings. The highest BCUT2D eigenvalue weighted by Gasteiger charge is 2.03. The van der Waals surface area contributed by atoms with Gasteiger partial charge in [0.05, 0.1) is 0 Å². The maximum absolute atomic E-state index is 13.0. The van der Waals surface area contributed by atoms with E-state index in [1.807, 2.05) is 30.3 Å². The van der Waals surface area contributed by atoms with Crippen molar-refractivity contribution in [2.75, 3.05) is 0 Å². The topological polar surface area (TPSA) is 25.0 Å². The number of halogens is 1. The van der Waals surface area contributed by atoms with Crippen LogP contribution in [0.25, 0.3) is 10.9 Å². The van der Waals surface area contributed by atoms with E-state index in [1.165, 1.54) is 12.1 Å². The van der Waals surface area contributed by atoms with Crippen LogP contribution in [0.15, 0.2) is 54.6 Å². The Kier molecular flexibility index (Phi) is 2.73. The minimum absolute atomic E-state index is 0.240. The van der Waals surface area contributed by atoms with Gasteiger partial charge in [-0.05, 0) is 23.8 Å². The summed E-state index contributed by atoms with van der Waals surface area (Å²) in [5, 5.41) is 0.818. The molecule has 0 aliphatic carbocycles. The van der Waals surface area contributed by atoms with Gasteiger partial charge in [0.25, 0.3) is 0 Å². The SMILES string of the molecule is Fc1ccc2[nH]c(OCc3ccccc3)cc2c1. The highest BCUT2D eigenvalue weighted by molar-refractivity contribution is 5.81. The highest BCUT2D eigenvalue weighted by atomic mass is 19.1. The minimum atomic E-state index is -0.240. The first-order valence-corrected chi connectivity index (χ1v) is 5.76. The molecular formula is C15H12FNO. The Hall–Kier alpha value is -2.29. The van der Waals surface area contributed by atoms with E-state index in [2.05, 4.69) is 4.98 Å². The fourth-order valence-corrected chi connectivity index (χ4v) is 1.89. The summed E-state index contributed by atoms with van der Waals surface area (Å²) in [5.41, 5.74) is 1.97. The molecule has 1 N–H and O–H groups in total. The Bertz CT molecular complexity index is 661. The summed E-state index contributed by atoms with van der Waals surface area (Å²) < 4.78 is 18.7. The lowest BCUT2D eigenvalue weighted by Gasteiger charge is -2.02. The number of hydrogen-bond donors (Lipinski definition) is 1. The molecule has 0 bridgehead atoms. The summed E-state index contributed by atoms with van der Waals surface area (Å²) in [7, 11) is 0. The molecule has 0 atom stereocenters. The van der Waals surface area contributed by atoms with Gasteiger partial charge in [0.2, 0.25) is 0 Å². The summed E-state index contributed by atoms with van der Waals surface area (Å²) in [6, 6.07) is 16.3. The van der Waals surface area contributed by atoms with Crippen LogP contribution in [0.4, 0.5) is 4.39 Å². The Morgan fingerprint density at radius 1 is 1.00 bits per heavy atom. The van der Waals surface area contributed by atoms with Crippen molar-refractivity contribution in [1.82, 2.24) is 4.98 Å². The van der Waals surface area contributed by atoms with Gasteiger partial charge >= 0.3 is 0 Å². The van der Waals surface area contributed by atoms with E-state index in [0.717, 1.165) is 16.5 Å². The van der Waals surface area contributed by atoms with E-state index in [-0.39, 0.29) is 5.82 Å². The monoisotopic (exact) mass is 241 g/mol. The van der Waals surface area contributed by atoms with Gasteiger partial charge in [-0.1, -0.05) is 30.3 Å². The van der Waals surface area contributed by atoms with E-state index in [4.69, 9.17) is 4.74 Å². The van der Waals surface area contributed by atoms with Crippen LogP contribution >= 0.6 is 0 Å². The largest absolute Gasteiger partial charge is 0.474 e. The summed E-state index contributed by atoms with van der Waals surface area (Å²) >= 11 is 0. The zero-order chi connectivity index (χ0) is 12.4. The summed E-state index contributed by atoms with van der Waals surface area (Å²) in [6.07, 6.45) is 0. The predicted octanol–water partition coefficient (Wildman–Crippen LogP) is 3.89. The summed E-state index contributed by atoms with van der Waals surface area (Å²) in [6.45, 7) is 0.496. The number of hydrogen-bond acceptors (Lipinski definition) is 1. The van der Waals surface area contributed by atoms with Gasteiger partial charge in [-0.2, -0.15) is 0 Å². The standard InChI is InChI=1S/C15H12FNO/c16-13-6-7-14-12(8-13)9-15(17-14)18-10-11-4-2-1-3-5-11/h1-9,17H,10H2. The van der Waals surface area contributed by atoms with Crippen LogP contribution in [0.2, 0.25) is 0 Å². The second-order valence-electron chi connectivity index (χ2n) is 4.14. The first-order chi connectivity index (χ1) is 8.81. The first kappa shape index (κ1) is 10.8. The molecule has 0 radical (unpaired) electrons. The molecule has 3 heteroatoms. The molecule has 0 saturated heterocycles. The van der Waals surface area contributed by atoms with E-state index < -0.39 is 0 Å². The van der Waals surface area contributed by atoms with Crippen LogP contribution in [0.3, 0.4) is 0 Å². The number of aromatic nitrogens is 1. The number of H-pyrrole nitrogens is 1. The number of fused-ring (bicyclic) bond motifs is 1. The fraction of sp³-hybridized carbons (Fsp3) is 0.0667. The average molecular weight is 241 g/mol. The Morgan fingerprint density at radius 2 is 1.83 bits per heavy atom. The third-order valence-electron chi connectivity index (χ3n) is 2.80. The maximum Gasteiger partial charge on any atom is 0.192 e. The molecule has 3 rings (SSSR count). The number of ether oxygens (including phenoxy) is 1. The molecule has 18 heavy (non-hydrogen) atoms. The van der Waals surface area contributed by atoms with Crippen molar-refractivity contribution in [1.29, 1.82) is 0 Å². The van der Waals surface area contributed by atoms with E-state index in [0.29, 0.717) is 12.5 Å². The van der Waals surface area contributed by atoms with Crippen molar-refractivity contribution in [2.24, 2.45) is 0 Å². The second-order valence-corrected chi connectivity index (χ2v) is 4.14. The molecule has 0 aliphatic rings. The molecule has 1 heterocycles. The fourth-order valence-electron chi connectivity index (χ4n) is 1.89. The van der Waals surface area contributed by atoms with Crippen molar-refractivity contribution in [2.45, 2.75) is 6.61 Å². The molecule has 0 spiro atoms. The summed E-state index contributed by atoms with van der Waals surface area (Å²) in [5.74, 6) is 0.413. The van der Waals surface area contributed by atoms with Crippen LogP contribution < -0.4 is 4.74 Å². The van der Waals surface area contributed by atoms with Gasteiger partial charge in [-0.15, -0.1) is 0 Å². The molecule has 0 unspecified atom stereocenters.